The van der Waals surface area contributed by atoms with Crippen LogP contribution in [-0.2, 0) is 21.4 Å². The summed E-state index contributed by atoms with van der Waals surface area (Å²) in [5.41, 5.74) is 8.20. The van der Waals surface area contributed by atoms with Crippen molar-refractivity contribution in [1.82, 2.24) is 9.03 Å². The number of hydrogen-bond donors (Lipinski definition) is 2. The minimum Gasteiger partial charge on any atom is -0.379 e. The van der Waals surface area contributed by atoms with Crippen LogP contribution < -0.4 is 10.5 Å². The van der Waals surface area contributed by atoms with Gasteiger partial charge in [0.15, 0.2) is 0 Å². The molecule has 3 N–H and O–H groups in total. The first-order valence-corrected chi connectivity index (χ1v) is 8.20. The number of rotatable bonds is 3. The molecule has 1 fully saturated rings. The van der Waals surface area contributed by atoms with Gasteiger partial charge in [0.2, 0.25) is 0 Å². The maximum Gasteiger partial charge on any atom is 0.280 e. The van der Waals surface area contributed by atoms with Crippen LogP contribution in [0.15, 0.2) is 24.3 Å². The summed E-state index contributed by atoms with van der Waals surface area (Å²) < 4.78 is 34.2. The Morgan fingerprint density at radius 3 is 2.70 bits per heavy atom. The standard InChI is InChI=1S/C13H19N3O3S/c14-12-9-10-3-1-2-4-11(10)13(12)15-20(17,18)16-5-7-19-8-6-16/h1-4,12-13,15H,5-9,14H2. The molecule has 20 heavy (non-hydrogen) atoms. The Balaban J connectivity index is 1.80. The molecular weight excluding hydrogens is 278 g/mol. The van der Waals surface area contributed by atoms with Crippen LogP contribution in [0.3, 0.4) is 0 Å². The van der Waals surface area contributed by atoms with E-state index in [0.717, 1.165) is 11.1 Å². The molecule has 1 saturated heterocycles. The minimum atomic E-state index is -3.52. The molecule has 3 rings (SSSR count). The Hall–Kier alpha value is -0.990. The van der Waals surface area contributed by atoms with Crippen molar-refractivity contribution in [2.75, 3.05) is 26.3 Å². The average Bonchev–Trinajstić information content (AvgIpc) is 2.76. The van der Waals surface area contributed by atoms with Crippen molar-refractivity contribution >= 4 is 10.2 Å². The van der Waals surface area contributed by atoms with Crippen LogP contribution >= 0.6 is 0 Å². The lowest BCUT2D eigenvalue weighted by Gasteiger charge is -2.28. The summed E-state index contributed by atoms with van der Waals surface area (Å²) in [6.07, 6.45) is 0.701. The summed E-state index contributed by atoms with van der Waals surface area (Å²) in [4.78, 5) is 0. The van der Waals surface area contributed by atoms with E-state index in [0.29, 0.717) is 32.7 Å². The van der Waals surface area contributed by atoms with E-state index in [1.54, 1.807) is 0 Å². The third kappa shape index (κ3) is 2.59. The molecular formula is C13H19N3O3S. The van der Waals surface area contributed by atoms with Gasteiger partial charge < -0.3 is 10.5 Å². The highest BCUT2D eigenvalue weighted by atomic mass is 32.2. The molecule has 0 amide bonds. The fourth-order valence-electron chi connectivity index (χ4n) is 2.80. The molecule has 6 nitrogen and oxygen atoms in total. The molecule has 2 atom stereocenters. The molecule has 1 aromatic rings. The molecule has 0 saturated carbocycles. The predicted molar refractivity (Wildman–Crippen MR) is 75.3 cm³/mol. The minimum absolute atomic E-state index is 0.219. The normalized spacial score (nSPS) is 27.4. The van der Waals surface area contributed by atoms with E-state index in [1.165, 1.54) is 4.31 Å². The predicted octanol–water partition coefficient (Wildman–Crippen LogP) is -0.222. The van der Waals surface area contributed by atoms with Gasteiger partial charge in [-0.1, -0.05) is 24.3 Å². The maximum atomic E-state index is 12.4. The van der Waals surface area contributed by atoms with Crippen molar-refractivity contribution in [3.8, 4) is 0 Å². The van der Waals surface area contributed by atoms with E-state index < -0.39 is 10.2 Å². The number of morpholine rings is 1. The second kappa shape index (κ2) is 5.42. The number of nitrogens with zero attached hydrogens (tertiary/aromatic N) is 1. The van der Waals surface area contributed by atoms with Crippen LogP contribution in [0.25, 0.3) is 0 Å². The van der Waals surface area contributed by atoms with Gasteiger partial charge in [-0.05, 0) is 17.5 Å². The van der Waals surface area contributed by atoms with Crippen LogP contribution in [0.1, 0.15) is 17.2 Å². The zero-order chi connectivity index (χ0) is 14.2. The molecule has 2 aliphatic rings. The molecule has 0 aromatic heterocycles. The second-order valence-electron chi connectivity index (χ2n) is 5.18. The quantitative estimate of drug-likeness (QED) is 0.807. The van der Waals surface area contributed by atoms with Crippen molar-refractivity contribution in [2.24, 2.45) is 5.73 Å². The topological polar surface area (TPSA) is 84.7 Å². The summed E-state index contributed by atoms with van der Waals surface area (Å²) in [5, 5.41) is 0. The van der Waals surface area contributed by atoms with Gasteiger partial charge in [-0.15, -0.1) is 0 Å². The molecule has 1 aromatic carbocycles. The van der Waals surface area contributed by atoms with Gasteiger partial charge in [0, 0.05) is 19.1 Å². The van der Waals surface area contributed by atoms with Crippen LogP contribution in [0.5, 0.6) is 0 Å². The van der Waals surface area contributed by atoms with Crippen LogP contribution in [0, 0.1) is 0 Å². The number of hydrogen-bond acceptors (Lipinski definition) is 4. The summed E-state index contributed by atoms with van der Waals surface area (Å²) in [6, 6.07) is 7.23. The van der Waals surface area contributed by atoms with Gasteiger partial charge in [0.1, 0.15) is 0 Å². The fraction of sp³-hybridized carbons (Fsp3) is 0.538. The van der Waals surface area contributed by atoms with Crippen LogP contribution in [0.2, 0.25) is 0 Å². The molecule has 1 heterocycles. The van der Waals surface area contributed by atoms with Gasteiger partial charge in [0.25, 0.3) is 10.2 Å². The Bertz CT molecular complexity index is 584. The van der Waals surface area contributed by atoms with E-state index >= 15 is 0 Å². The third-order valence-electron chi connectivity index (χ3n) is 3.86. The molecule has 1 aliphatic heterocycles. The highest BCUT2D eigenvalue weighted by Gasteiger charge is 2.35. The number of fused-ring (bicyclic) bond motifs is 1. The lowest BCUT2D eigenvalue weighted by molar-refractivity contribution is 0.0723. The zero-order valence-corrected chi connectivity index (χ0v) is 12.0. The molecule has 0 radical (unpaired) electrons. The average molecular weight is 297 g/mol. The summed E-state index contributed by atoms with van der Waals surface area (Å²) in [6.45, 7) is 1.65. The van der Waals surface area contributed by atoms with Gasteiger partial charge in [0.05, 0.1) is 19.3 Å². The molecule has 0 bridgehead atoms. The molecule has 110 valence electrons. The molecule has 1 aliphatic carbocycles. The maximum absolute atomic E-state index is 12.4. The number of nitrogens with two attached hydrogens (primary N) is 1. The number of ether oxygens (including phenoxy) is 1. The van der Waals surface area contributed by atoms with E-state index in [4.69, 9.17) is 10.5 Å². The summed E-state index contributed by atoms with van der Waals surface area (Å²) >= 11 is 0. The monoisotopic (exact) mass is 297 g/mol. The molecule has 7 heteroatoms. The van der Waals surface area contributed by atoms with E-state index in [9.17, 15) is 8.42 Å². The van der Waals surface area contributed by atoms with Gasteiger partial charge in [-0.3, -0.25) is 0 Å². The van der Waals surface area contributed by atoms with E-state index in [2.05, 4.69) is 4.72 Å². The number of benzene rings is 1. The zero-order valence-electron chi connectivity index (χ0n) is 11.2. The van der Waals surface area contributed by atoms with Crippen molar-refractivity contribution in [1.29, 1.82) is 0 Å². The smallest absolute Gasteiger partial charge is 0.280 e. The Kier molecular flexibility index (Phi) is 3.78. The van der Waals surface area contributed by atoms with Gasteiger partial charge in [-0.25, -0.2) is 0 Å². The second-order valence-corrected chi connectivity index (χ2v) is 6.88. The van der Waals surface area contributed by atoms with Crippen molar-refractivity contribution in [2.45, 2.75) is 18.5 Å². The fourth-order valence-corrected chi connectivity index (χ4v) is 4.20. The SMILES string of the molecule is NC1Cc2ccccc2C1NS(=O)(=O)N1CCOCC1. The Morgan fingerprint density at radius 1 is 1.25 bits per heavy atom. The van der Waals surface area contributed by atoms with Crippen LogP contribution in [-0.4, -0.2) is 45.1 Å². The first-order chi connectivity index (χ1) is 9.58. The van der Waals surface area contributed by atoms with Crippen molar-refractivity contribution in [3.05, 3.63) is 35.4 Å². The highest BCUT2D eigenvalue weighted by molar-refractivity contribution is 7.87. The highest BCUT2D eigenvalue weighted by Crippen LogP contribution is 2.30. The summed E-state index contributed by atoms with van der Waals surface area (Å²) in [5.74, 6) is 0. The lowest BCUT2D eigenvalue weighted by Crippen LogP contribution is -2.49. The number of nitrogens with one attached hydrogen (secondary N) is 1. The van der Waals surface area contributed by atoms with Gasteiger partial charge >= 0.3 is 0 Å². The molecule has 2 unspecified atom stereocenters. The van der Waals surface area contributed by atoms with Crippen molar-refractivity contribution in [3.63, 3.8) is 0 Å². The first-order valence-electron chi connectivity index (χ1n) is 6.76. The van der Waals surface area contributed by atoms with Gasteiger partial charge in [-0.2, -0.15) is 17.4 Å². The first kappa shape index (κ1) is 14.0. The van der Waals surface area contributed by atoms with E-state index in [-0.39, 0.29) is 12.1 Å². The summed E-state index contributed by atoms with van der Waals surface area (Å²) in [7, 11) is -3.52. The largest absolute Gasteiger partial charge is 0.379 e. The Labute approximate surface area is 119 Å². The lowest BCUT2D eigenvalue weighted by atomic mass is 10.1. The van der Waals surface area contributed by atoms with Crippen LogP contribution in [0.4, 0.5) is 0 Å². The Morgan fingerprint density at radius 2 is 1.95 bits per heavy atom. The third-order valence-corrected chi connectivity index (χ3v) is 5.46. The van der Waals surface area contributed by atoms with Crippen molar-refractivity contribution < 1.29 is 13.2 Å². The van der Waals surface area contributed by atoms with E-state index in [1.807, 2.05) is 24.3 Å². The molecule has 0 spiro atoms.